The van der Waals surface area contributed by atoms with Gasteiger partial charge in [0, 0.05) is 10.6 Å². The summed E-state index contributed by atoms with van der Waals surface area (Å²) in [6.07, 6.45) is 5.70. The van der Waals surface area contributed by atoms with Crippen LogP contribution in [0.25, 0.3) is 0 Å². The van der Waals surface area contributed by atoms with Gasteiger partial charge in [0.05, 0.1) is 6.26 Å². The zero-order valence-electron chi connectivity index (χ0n) is 6.61. The number of hydrogen-bond acceptors (Lipinski definition) is 2. The van der Waals surface area contributed by atoms with Gasteiger partial charge in [-0.05, 0) is 18.2 Å². The fourth-order valence-corrected chi connectivity index (χ4v) is 0.758. The average Bonchev–Trinajstić information content (AvgIpc) is 2.03. The molecule has 0 aromatic heterocycles. The Morgan fingerprint density at radius 2 is 2.23 bits per heavy atom. The molecule has 0 rings (SSSR count). The van der Waals surface area contributed by atoms with Crippen LogP contribution in [0.5, 0.6) is 0 Å². The second kappa shape index (κ2) is 7.71. The van der Waals surface area contributed by atoms with Gasteiger partial charge in [0.1, 0.15) is 0 Å². The van der Waals surface area contributed by atoms with E-state index in [-0.39, 0.29) is 6.61 Å². The number of carboxylic acid groups (broad SMARTS) is 1. The monoisotopic (exact) mass is 222 g/mol. The third-order valence-electron chi connectivity index (χ3n) is 0.859. The van der Waals surface area contributed by atoms with Crippen molar-refractivity contribution in [1.29, 1.82) is 0 Å². The molecule has 5 heteroatoms. The third kappa shape index (κ3) is 8.98. The molecule has 0 bridgehead atoms. The highest BCUT2D eigenvalue weighted by Gasteiger charge is 1.90. The molecule has 0 aromatic carbocycles. The summed E-state index contributed by atoms with van der Waals surface area (Å²) >= 11 is 10.8. The molecular weight excluding hydrogens is 215 g/mol. The lowest BCUT2D eigenvalue weighted by Crippen LogP contribution is -2.02. The van der Waals surface area contributed by atoms with Gasteiger partial charge in [0.15, 0.2) is 6.61 Å². The summed E-state index contributed by atoms with van der Waals surface area (Å²) in [5, 5.41) is 8.60. The van der Waals surface area contributed by atoms with Gasteiger partial charge in [-0.3, -0.25) is 0 Å². The van der Waals surface area contributed by atoms with Crippen molar-refractivity contribution in [2.24, 2.45) is 0 Å². The summed E-state index contributed by atoms with van der Waals surface area (Å²) in [4.78, 5) is 9.97. The van der Waals surface area contributed by atoms with Crippen LogP contribution in [0.3, 0.4) is 0 Å². The molecule has 0 saturated heterocycles. The molecular formula is C8H8Cl2O3. The zero-order valence-corrected chi connectivity index (χ0v) is 8.13. The molecule has 72 valence electrons. The number of halogens is 2. The van der Waals surface area contributed by atoms with Crippen LogP contribution in [0.1, 0.15) is 0 Å². The summed E-state index contributed by atoms with van der Waals surface area (Å²) in [5.41, 5.74) is 1.27. The van der Waals surface area contributed by atoms with E-state index in [1.807, 2.05) is 0 Å². The Labute approximate surface area is 85.9 Å². The zero-order chi connectivity index (χ0) is 10.1. The normalized spacial score (nSPS) is 12.6. The average molecular weight is 223 g/mol. The van der Waals surface area contributed by atoms with E-state index in [1.54, 1.807) is 0 Å². The van der Waals surface area contributed by atoms with E-state index in [4.69, 9.17) is 28.3 Å². The molecule has 0 fully saturated rings. The number of allylic oxidation sites excluding steroid dienone is 4. The molecule has 0 amide bonds. The van der Waals surface area contributed by atoms with E-state index in [2.05, 4.69) is 4.74 Å². The molecule has 0 spiro atoms. The van der Waals surface area contributed by atoms with E-state index in [0.29, 0.717) is 5.03 Å². The van der Waals surface area contributed by atoms with Crippen LogP contribution in [0, 0.1) is 0 Å². The number of hydrogen-bond donors (Lipinski definition) is 1. The van der Waals surface area contributed by atoms with Crippen LogP contribution in [-0.2, 0) is 9.53 Å². The van der Waals surface area contributed by atoms with E-state index in [1.165, 1.54) is 30.0 Å². The first-order valence-corrected chi connectivity index (χ1v) is 4.10. The Bertz CT molecular complexity index is 244. The Balaban J connectivity index is 3.73. The first-order valence-electron chi connectivity index (χ1n) is 3.29. The lowest BCUT2D eigenvalue weighted by molar-refractivity contribution is -0.140. The maximum Gasteiger partial charge on any atom is 0.341 e. The fourth-order valence-electron chi connectivity index (χ4n) is 0.422. The summed E-state index contributed by atoms with van der Waals surface area (Å²) in [7, 11) is 0. The number of carbonyl (C=O) groups is 1. The molecule has 0 atom stereocenters. The van der Waals surface area contributed by atoms with Gasteiger partial charge < -0.3 is 9.84 Å². The summed E-state index contributed by atoms with van der Waals surface area (Å²) in [6.45, 7) is -0.368. The first-order chi connectivity index (χ1) is 6.16. The van der Waals surface area contributed by atoms with Crippen LogP contribution in [0.4, 0.5) is 0 Å². The highest BCUT2D eigenvalue weighted by molar-refractivity contribution is 6.33. The summed E-state index contributed by atoms with van der Waals surface area (Å²) < 4.78 is 4.58. The number of ether oxygens (including phenoxy) is 1. The minimum atomic E-state index is -1.03. The van der Waals surface area contributed by atoms with Gasteiger partial charge in [-0.2, -0.15) is 0 Å². The summed E-state index contributed by atoms with van der Waals surface area (Å²) in [6, 6.07) is 0. The third-order valence-corrected chi connectivity index (χ3v) is 1.24. The van der Waals surface area contributed by atoms with Crippen molar-refractivity contribution >= 4 is 29.2 Å². The Hall–Kier alpha value is -0.930. The number of aliphatic carboxylic acids is 1. The molecule has 13 heavy (non-hydrogen) atoms. The fraction of sp³-hybridized carbons (Fsp3) is 0.125. The predicted octanol–water partition coefficient (Wildman–Crippen LogP) is 2.48. The van der Waals surface area contributed by atoms with Crippen molar-refractivity contribution in [2.75, 3.05) is 6.61 Å². The maximum atomic E-state index is 9.97. The van der Waals surface area contributed by atoms with E-state index in [9.17, 15) is 4.79 Å². The molecule has 0 aliphatic heterocycles. The second-order valence-electron chi connectivity index (χ2n) is 1.88. The van der Waals surface area contributed by atoms with Gasteiger partial charge in [0.2, 0.25) is 0 Å². The minimum absolute atomic E-state index is 0.368. The molecule has 0 unspecified atom stereocenters. The van der Waals surface area contributed by atoms with Crippen LogP contribution in [0.2, 0.25) is 0 Å². The van der Waals surface area contributed by atoms with Crippen LogP contribution in [0.15, 0.2) is 35.1 Å². The van der Waals surface area contributed by atoms with E-state index >= 15 is 0 Å². The second-order valence-corrected chi connectivity index (χ2v) is 2.57. The quantitative estimate of drug-likeness (QED) is 0.575. The molecule has 0 aliphatic rings. The molecule has 3 nitrogen and oxygen atoms in total. The highest BCUT2D eigenvalue weighted by atomic mass is 35.5. The van der Waals surface area contributed by atoms with Crippen LogP contribution < -0.4 is 0 Å². The number of rotatable bonds is 5. The largest absolute Gasteiger partial charge is 0.490 e. The maximum absolute atomic E-state index is 9.97. The van der Waals surface area contributed by atoms with Gasteiger partial charge >= 0.3 is 5.97 Å². The van der Waals surface area contributed by atoms with Crippen molar-refractivity contribution in [3.05, 3.63) is 35.1 Å². The SMILES string of the molecule is O=C(O)COC=CC=C(Cl)C=CCl. The lowest BCUT2D eigenvalue weighted by atomic mass is 10.5. The van der Waals surface area contributed by atoms with Crippen LogP contribution >= 0.6 is 23.2 Å². The molecule has 1 N–H and O–H groups in total. The van der Waals surface area contributed by atoms with Gasteiger partial charge in [-0.1, -0.05) is 23.2 Å². The Kier molecular flexibility index (Phi) is 7.15. The number of carboxylic acids is 1. The summed E-state index contributed by atoms with van der Waals surface area (Å²) in [5.74, 6) is -1.03. The van der Waals surface area contributed by atoms with E-state index in [0.717, 1.165) is 0 Å². The Morgan fingerprint density at radius 3 is 2.77 bits per heavy atom. The van der Waals surface area contributed by atoms with Crippen molar-refractivity contribution in [1.82, 2.24) is 0 Å². The van der Waals surface area contributed by atoms with Gasteiger partial charge in [0.25, 0.3) is 0 Å². The topological polar surface area (TPSA) is 46.5 Å². The molecule has 0 heterocycles. The predicted molar refractivity (Wildman–Crippen MR) is 51.7 cm³/mol. The van der Waals surface area contributed by atoms with E-state index < -0.39 is 5.97 Å². The van der Waals surface area contributed by atoms with Crippen molar-refractivity contribution in [2.45, 2.75) is 0 Å². The van der Waals surface area contributed by atoms with Crippen molar-refractivity contribution in [3.8, 4) is 0 Å². The highest BCUT2D eigenvalue weighted by Crippen LogP contribution is 2.03. The Morgan fingerprint density at radius 1 is 1.54 bits per heavy atom. The van der Waals surface area contributed by atoms with Gasteiger partial charge in [-0.25, -0.2) is 4.79 Å². The van der Waals surface area contributed by atoms with Crippen molar-refractivity contribution in [3.63, 3.8) is 0 Å². The minimum Gasteiger partial charge on any atom is -0.490 e. The van der Waals surface area contributed by atoms with Crippen LogP contribution in [-0.4, -0.2) is 17.7 Å². The molecule has 0 aliphatic carbocycles. The molecule has 0 radical (unpaired) electrons. The molecule has 0 saturated carbocycles. The smallest absolute Gasteiger partial charge is 0.341 e. The van der Waals surface area contributed by atoms with Crippen molar-refractivity contribution < 1.29 is 14.6 Å². The molecule has 0 aromatic rings. The first kappa shape index (κ1) is 12.1. The van der Waals surface area contributed by atoms with Gasteiger partial charge in [-0.15, -0.1) is 0 Å². The lowest BCUT2D eigenvalue weighted by Gasteiger charge is -1.91. The standard InChI is InChI=1S/C8H8Cl2O3/c9-4-3-7(10)2-1-5-13-6-8(11)12/h1-5H,6H2,(H,11,12).